The van der Waals surface area contributed by atoms with Crippen LogP contribution in [0.2, 0.25) is 0 Å². The maximum Gasteiger partial charge on any atom is 0.0467 e. The van der Waals surface area contributed by atoms with E-state index in [1.54, 1.807) is 11.1 Å². The number of allylic oxidation sites excluding steroid dienone is 4. The largest absolute Gasteiger partial charge is 0.310 e. The molecule has 5 unspecified atom stereocenters. The van der Waals surface area contributed by atoms with Gasteiger partial charge in [0, 0.05) is 22.5 Å². The van der Waals surface area contributed by atoms with Crippen LogP contribution >= 0.6 is 0 Å². The number of benzene rings is 6. The zero-order chi connectivity index (χ0) is 38.9. The summed E-state index contributed by atoms with van der Waals surface area (Å²) in [4.78, 5) is 2.39. The highest BCUT2D eigenvalue weighted by molar-refractivity contribution is 5.89. The van der Waals surface area contributed by atoms with Crippen LogP contribution in [0.1, 0.15) is 94.5 Å². The van der Waals surface area contributed by atoms with Crippen molar-refractivity contribution in [2.45, 2.75) is 77.6 Å². The van der Waals surface area contributed by atoms with Crippen LogP contribution in [-0.2, 0) is 10.8 Å². The molecule has 284 valence electrons. The first-order chi connectivity index (χ1) is 27.7. The van der Waals surface area contributed by atoms with Gasteiger partial charge in [0.2, 0.25) is 0 Å². The summed E-state index contributed by atoms with van der Waals surface area (Å²) >= 11 is 0. The van der Waals surface area contributed by atoms with Crippen molar-refractivity contribution >= 4 is 28.2 Å². The molecule has 1 nitrogen and oxygen atoms in total. The highest BCUT2D eigenvalue weighted by Crippen LogP contribution is 2.69. The van der Waals surface area contributed by atoms with Crippen molar-refractivity contribution < 1.29 is 0 Å². The molecule has 57 heavy (non-hydrogen) atoms. The molecule has 4 aliphatic rings. The van der Waals surface area contributed by atoms with Gasteiger partial charge in [-0.15, -0.1) is 0 Å². The first-order valence-corrected chi connectivity index (χ1v) is 21.5. The molecule has 0 saturated heterocycles. The Morgan fingerprint density at radius 3 is 2.09 bits per heavy atom. The highest BCUT2D eigenvalue weighted by Gasteiger charge is 2.61. The van der Waals surface area contributed by atoms with Crippen LogP contribution in [-0.4, -0.2) is 0 Å². The third-order valence-electron chi connectivity index (χ3n) is 14.5. The number of fused-ring (bicyclic) bond motifs is 7. The summed E-state index contributed by atoms with van der Waals surface area (Å²) in [6.45, 7) is 11.3. The fourth-order valence-electron chi connectivity index (χ4n) is 11.6. The summed E-state index contributed by atoms with van der Waals surface area (Å²) in [5.41, 5.74) is 18.7. The highest BCUT2D eigenvalue weighted by atomic mass is 15.1. The Morgan fingerprint density at radius 2 is 1.33 bits per heavy atom. The number of anilines is 3. The van der Waals surface area contributed by atoms with Crippen LogP contribution in [0.5, 0.6) is 0 Å². The maximum absolute atomic E-state index is 2.54. The van der Waals surface area contributed by atoms with Gasteiger partial charge in [-0.05, 0) is 179 Å². The van der Waals surface area contributed by atoms with Crippen molar-refractivity contribution in [2.24, 2.45) is 23.7 Å². The van der Waals surface area contributed by atoms with E-state index in [9.17, 15) is 0 Å². The molecule has 0 N–H and O–H groups in total. The standard InChI is InChI=1S/C56H55N/c1-6-39(43-21-28-53-51(35-43)49-17-10-11-18-52(49)56(53)30-29-38-32-44-36-54(56)50(44)33-38)31-37(2)42-15-12-16-48(34-42)57(47-26-22-45(23-27-47)55(3,4)5)46-24-19-41(20-25-46)40-13-8-7-9-14-40/h6-28,31,34-35,38,44,50,54H,29-30,32-33,36H2,1-5H3/b37-31+,39-6+. The molecule has 10 rings (SSSR count). The van der Waals surface area contributed by atoms with E-state index in [2.05, 4.69) is 197 Å². The molecule has 1 heteroatoms. The molecule has 3 fully saturated rings. The Hall–Kier alpha value is -5.40. The molecule has 0 radical (unpaired) electrons. The molecule has 1 spiro atoms. The lowest BCUT2D eigenvalue weighted by Crippen LogP contribution is -2.47. The second kappa shape index (κ2) is 13.9. The SMILES string of the molecule is C/C=C(\C=C(/C)c1cccc(N(c2ccc(-c3ccccc3)cc2)c2ccc(C(C)(C)C)cc2)c1)c1ccc2c(c1)-c1ccccc1C21CCC2CC3CC1C3C2. The quantitative estimate of drug-likeness (QED) is 0.147. The van der Waals surface area contributed by atoms with Crippen LogP contribution in [0.25, 0.3) is 33.4 Å². The van der Waals surface area contributed by atoms with Crippen molar-refractivity contribution in [1.82, 2.24) is 0 Å². The first-order valence-electron chi connectivity index (χ1n) is 21.5. The summed E-state index contributed by atoms with van der Waals surface area (Å²) in [6.07, 6.45) is 11.8. The van der Waals surface area contributed by atoms with Crippen LogP contribution in [0.15, 0.2) is 158 Å². The molecular weight excluding hydrogens is 687 g/mol. The molecular formula is C56H55N. The zero-order valence-corrected chi connectivity index (χ0v) is 34.3. The van der Waals surface area contributed by atoms with Gasteiger partial charge in [-0.2, -0.15) is 0 Å². The fraction of sp³-hybridized carbons (Fsp3) is 0.286. The van der Waals surface area contributed by atoms with Crippen LogP contribution in [0.3, 0.4) is 0 Å². The predicted octanol–water partition coefficient (Wildman–Crippen LogP) is 15.4. The Kier molecular flexibility index (Phi) is 8.78. The normalized spacial score (nSPS) is 23.5. The van der Waals surface area contributed by atoms with Gasteiger partial charge in [0.25, 0.3) is 0 Å². The maximum atomic E-state index is 2.54. The molecule has 0 aromatic heterocycles. The second-order valence-corrected chi connectivity index (χ2v) is 18.6. The number of hydrogen-bond donors (Lipinski definition) is 0. The van der Waals surface area contributed by atoms with Gasteiger partial charge in [-0.1, -0.05) is 136 Å². The lowest BCUT2D eigenvalue weighted by molar-refractivity contribution is 0.0400. The first kappa shape index (κ1) is 36.0. The van der Waals surface area contributed by atoms with E-state index in [1.165, 1.54) is 82.2 Å². The summed E-state index contributed by atoms with van der Waals surface area (Å²) < 4.78 is 0. The molecule has 0 aliphatic heterocycles. The predicted molar refractivity (Wildman–Crippen MR) is 242 cm³/mol. The molecule has 2 bridgehead atoms. The second-order valence-electron chi connectivity index (χ2n) is 18.6. The molecule has 6 aromatic rings. The number of hydrogen-bond acceptors (Lipinski definition) is 1. The van der Waals surface area contributed by atoms with Crippen LogP contribution in [0, 0.1) is 23.7 Å². The minimum Gasteiger partial charge on any atom is -0.310 e. The monoisotopic (exact) mass is 741 g/mol. The van der Waals surface area contributed by atoms with Crippen LogP contribution in [0.4, 0.5) is 17.1 Å². The number of rotatable bonds is 7. The average Bonchev–Trinajstić information content (AvgIpc) is 3.65. The van der Waals surface area contributed by atoms with Gasteiger partial charge < -0.3 is 4.90 Å². The Balaban J connectivity index is 0.994. The zero-order valence-electron chi connectivity index (χ0n) is 34.3. The smallest absolute Gasteiger partial charge is 0.0467 e. The van der Waals surface area contributed by atoms with Gasteiger partial charge in [0.1, 0.15) is 0 Å². The Bertz CT molecular complexity index is 2510. The minimum atomic E-state index is 0.0891. The van der Waals surface area contributed by atoms with E-state index >= 15 is 0 Å². The van der Waals surface area contributed by atoms with E-state index in [4.69, 9.17) is 0 Å². The van der Waals surface area contributed by atoms with Gasteiger partial charge >= 0.3 is 0 Å². The topological polar surface area (TPSA) is 3.24 Å². The lowest BCUT2D eigenvalue weighted by Gasteiger charge is -2.52. The van der Waals surface area contributed by atoms with Crippen molar-refractivity contribution in [3.63, 3.8) is 0 Å². The van der Waals surface area contributed by atoms with Crippen molar-refractivity contribution in [1.29, 1.82) is 0 Å². The van der Waals surface area contributed by atoms with E-state index in [1.807, 2.05) is 0 Å². The van der Waals surface area contributed by atoms with Crippen LogP contribution < -0.4 is 4.90 Å². The minimum absolute atomic E-state index is 0.0891. The van der Waals surface area contributed by atoms with Gasteiger partial charge in [0.15, 0.2) is 0 Å². The van der Waals surface area contributed by atoms with Crippen molar-refractivity contribution in [2.75, 3.05) is 4.90 Å². The summed E-state index contributed by atoms with van der Waals surface area (Å²) in [5.74, 6) is 3.66. The molecule has 0 heterocycles. The molecule has 5 atom stereocenters. The summed E-state index contributed by atoms with van der Waals surface area (Å²) in [5, 5.41) is 0. The Morgan fingerprint density at radius 1 is 0.632 bits per heavy atom. The third-order valence-corrected chi connectivity index (χ3v) is 14.5. The summed E-state index contributed by atoms with van der Waals surface area (Å²) in [6, 6.07) is 54.8. The van der Waals surface area contributed by atoms with E-state index in [0.29, 0.717) is 0 Å². The van der Waals surface area contributed by atoms with E-state index in [0.717, 1.165) is 40.7 Å². The molecule has 4 aliphatic carbocycles. The molecule has 3 saturated carbocycles. The fourth-order valence-corrected chi connectivity index (χ4v) is 11.6. The Labute approximate surface area is 340 Å². The molecule has 6 aromatic carbocycles. The summed E-state index contributed by atoms with van der Waals surface area (Å²) in [7, 11) is 0. The van der Waals surface area contributed by atoms with Crippen molar-refractivity contribution in [3.8, 4) is 22.3 Å². The van der Waals surface area contributed by atoms with Gasteiger partial charge in [-0.25, -0.2) is 0 Å². The van der Waals surface area contributed by atoms with Gasteiger partial charge in [0.05, 0.1) is 0 Å². The average molecular weight is 742 g/mol. The third kappa shape index (κ3) is 6.05. The van der Waals surface area contributed by atoms with E-state index in [-0.39, 0.29) is 10.8 Å². The number of nitrogens with zero attached hydrogens (tertiary/aromatic N) is 1. The van der Waals surface area contributed by atoms with Crippen molar-refractivity contribution in [3.05, 3.63) is 186 Å². The lowest BCUT2D eigenvalue weighted by atomic mass is 9.51. The molecule has 0 amide bonds. The van der Waals surface area contributed by atoms with E-state index < -0.39 is 0 Å². The van der Waals surface area contributed by atoms with Gasteiger partial charge in [-0.3, -0.25) is 0 Å².